The molecule has 1 aliphatic carbocycles. The fourth-order valence-electron chi connectivity index (χ4n) is 10.4. The van der Waals surface area contributed by atoms with Gasteiger partial charge in [-0.25, -0.2) is 0 Å². The van der Waals surface area contributed by atoms with Gasteiger partial charge in [-0.3, -0.25) is 0 Å². The van der Waals surface area contributed by atoms with E-state index in [4.69, 9.17) is 9.97 Å². The summed E-state index contributed by atoms with van der Waals surface area (Å²) in [6.45, 7) is 4.72. The maximum absolute atomic E-state index is 5.83. The Hall–Kier alpha value is -6.82. The van der Waals surface area contributed by atoms with E-state index in [0.29, 0.717) is 0 Å². The summed E-state index contributed by atoms with van der Waals surface area (Å²) in [5.41, 5.74) is 14.3. The van der Waals surface area contributed by atoms with Gasteiger partial charge in [0.1, 0.15) is 0 Å². The van der Waals surface area contributed by atoms with Crippen molar-refractivity contribution in [3.8, 4) is 50.6 Å². The van der Waals surface area contributed by atoms with E-state index >= 15 is 0 Å². The predicted octanol–water partition coefficient (Wildman–Crippen LogP) is 10.6. The van der Waals surface area contributed by atoms with Gasteiger partial charge in [-0.15, -0.1) is 0 Å². The molecule has 0 spiro atoms. The number of hydrogen-bond donors (Lipinski definition) is 0. The third-order valence-electron chi connectivity index (χ3n) is 13.1. The Morgan fingerprint density at radius 2 is 1.08 bits per heavy atom. The number of nitrogens with zero attached hydrogens (tertiary/aromatic N) is 3. The summed E-state index contributed by atoms with van der Waals surface area (Å²) in [6, 6.07) is 73.6. The van der Waals surface area contributed by atoms with Crippen molar-refractivity contribution in [3.63, 3.8) is 0 Å². The van der Waals surface area contributed by atoms with Crippen LogP contribution >= 0.6 is 0 Å². The third-order valence-corrected chi connectivity index (χ3v) is 23.0. The summed E-state index contributed by atoms with van der Waals surface area (Å²) in [4.78, 5) is 11.4. The van der Waals surface area contributed by atoms with Crippen LogP contribution in [0, 0.1) is 0 Å². The first-order valence-corrected chi connectivity index (χ1v) is 24.7. The maximum atomic E-state index is 5.83. The zero-order valence-corrected chi connectivity index (χ0v) is 35.0. The monoisotopic (exact) mass is 815 g/mol. The normalized spacial score (nSPS) is 14.2. The second kappa shape index (κ2) is 12.8. The average molecular weight is 815 g/mol. The second-order valence-corrected chi connectivity index (χ2v) is 24.2. The van der Waals surface area contributed by atoms with Crippen molar-refractivity contribution in [2.24, 2.45) is 0 Å². The Kier molecular flexibility index (Phi) is 7.45. The van der Waals surface area contributed by atoms with Gasteiger partial charge in [0.05, 0.1) is 0 Å². The Balaban J connectivity index is 1.13. The summed E-state index contributed by atoms with van der Waals surface area (Å²) >= 11 is -3.68. The van der Waals surface area contributed by atoms with Crippen molar-refractivity contribution in [3.05, 3.63) is 211 Å². The van der Waals surface area contributed by atoms with E-state index in [1.807, 2.05) is 0 Å². The average Bonchev–Trinajstić information content (AvgIpc) is 3.87. The molecule has 3 heterocycles. The van der Waals surface area contributed by atoms with E-state index < -0.39 is 13.3 Å². The minimum absolute atomic E-state index is 0.109. The molecule has 278 valence electrons. The third kappa shape index (κ3) is 4.83. The Morgan fingerprint density at radius 3 is 1.85 bits per heavy atom. The van der Waals surface area contributed by atoms with Crippen molar-refractivity contribution in [1.82, 2.24) is 14.5 Å². The van der Waals surface area contributed by atoms with Crippen LogP contribution in [0.5, 0.6) is 0 Å². The van der Waals surface area contributed by atoms with Crippen LogP contribution in [0.4, 0.5) is 0 Å². The molecule has 0 saturated heterocycles. The fraction of sp³-hybridized carbons (Fsp3) is 0.0545. The van der Waals surface area contributed by atoms with E-state index in [2.05, 4.69) is 219 Å². The molecule has 0 atom stereocenters. The van der Waals surface area contributed by atoms with Crippen molar-refractivity contribution in [2.45, 2.75) is 19.3 Å². The van der Waals surface area contributed by atoms with Crippen LogP contribution in [0.2, 0.25) is 0 Å². The molecule has 4 heteroatoms. The number of benzene rings is 8. The molecular formula is C55H39GeN3. The quantitative estimate of drug-likeness (QED) is 0.162. The van der Waals surface area contributed by atoms with Crippen LogP contribution < -0.4 is 17.7 Å². The van der Waals surface area contributed by atoms with Crippen LogP contribution in [0.25, 0.3) is 72.4 Å². The van der Waals surface area contributed by atoms with E-state index in [9.17, 15) is 0 Å². The van der Waals surface area contributed by atoms with Crippen LogP contribution in [-0.4, -0.2) is 27.8 Å². The fourth-order valence-corrected chi connectivity index (χ4v) is 20.9. The zero-order chi connectivity index (χ0) is 39.3. The number of rotatable bonds is 5. The first-order valence-electron chi connectivity index (χ1n) is 20.5. The Bertz CT molecular complexity index is 3250. The molecular weight excluding hydrogens is 775 g/mol. The first kappa shape index (κ1) is 34.2. The molecule has 0 saturated carbocycles. The van der Waals surface area contributed by atoms with Gasteiger partial charge in [-0.2, -0.15) is 0 Å². The number of fused-ring (bicyclic) bond motifs is 9. The number of hydrogen-bond acceptors (Lipinski definition) is 2. The van der Waals surface area contributed by atoms with Crippen LogP contribution in [0.1, 0.15) is 25.0 Å². The molecule has 0 unspecified atom stereocenters. The van der Waals surface area contributed by atoms with E-state index in [-0.39, 0.29) is 5.41 Å². The molecule has 8 aromatic carbocycles. The van der Waals surface area contributed by atoms with Crippen LogP contribution in [-0.2, 0) is 5.41 Å². The SMILES string of the molecule is CC1(C)c2ccccc2-c2cc3c4ccccc4n(-c4cccc(-c5nc(-c6ccccc6)c6[c](n5)[Ge]([c]5ccccc5)([c]5ccccc5)[c]5ccccc5-6)c4)c3cc21. The van der Waals surface area contributed by atoms with E-state index in [0.717, 1.165) is 28.3 Å². The van der Waals surface area contributed by atoms with Crippen molar-refractivity contribution in [2.75, 3.05) is 0 Å². The van der Waals surface area contributed by atoms with Crippen LogP contribution in [0.3, 0.4) is 0 Å². The van der Waals surface area contributed by atoms with Gasteiger partial charge < -0.3 is 0 Å². The summed E-state index contributed by atoms with van der Waals surface area (Å²) < 4.78 is 7.77. The predicted molar refractivity (Wildman–Crippen MR) is 247 cm³/mol. The van der Waals surface area contributed by atoms with Gasteiger partial charge in [-0.1, -0.05) is 24.3 Å². The van der Waals surface area contributed by atoms with Crippen molar-refractivity contribution >= 4 is 52.8 Å². The van der Waals surface area contributed by atoms with Gasteiger partial charge in [0.15, 0.2) is 0 Å². The Labute approximate surface area is 346 Å². The Morgan fingerprint density at radius 1 is 0.458 bits per heavy atom. The molecule has 12 rings (SSSR count). The molecule has 0 radical (unpaired) electrons. The van der Waals surface area contributed by atoms with Crippen LogP contribution in [0.15, 0.2) is 200 Å². The summed E-state index contributed by atoms with van der Waals surface area (Å²) in [7, 11) is 0. The van der Waals surface area contributed by atoms with E-state index in [1.54, 1.807) is 0 Å². The molecule has 0 amide bonds. The molecule has 2 aromatic heterocycles. The standard InChI is InChI=1S/C55H39GeN3/c1-55(2)46-30-15-12-27-41(46)44-34-45-42-28-14-17-32-49(42)59(50(45)35-47(44)55)40-26-18-21-37(33-40)54-57-52(36-19-6-3-7-20-36)51-43-29-13-16-31-48(43)56(53(51)58-54,38-22-8-4-9-23-38)39-24-10-5-11-25-39/h3-35H,1-2H3. The van der Waals surface area contributed by atoms with Gasteiger partial charge in [0.25, 0.3) is 0 Å². The summed E-state index contributed by atoms with van der Waals surface area (Å²) in [5, 5.41) is 2.51. The topological polar surface area (TPSA) is 30.7 Å². The van der Waals surface area contributed by atoms with Crippen molar-refractivity contribution in [1.29, 1.82) is 0 Å². The molecule has 10 aromatic rings. The van der Waals surface area contributed by atoms with Gasteiger partial charge in [-0.05, 0) is 0 Å². The van der Waals surface area contributed by atoms with Crippen molar-refractivity contribution < 1.29 is 0 Å². The molecule has 2 aliphatic rings. The second-order valence-electron chi connectivity index (χ2n) is 16.5. The molecule has 3 nitrogen and oxygen atoms in total. The molecule has 0 fully saturated rings. The molecule has 0 N–H and O–H groups in total. The van der Waals surface area contributed by atoms with Gasteiger partial charge in [0, 0.05) is 0 Å². The molecule has 1 aliphatic heterocycles. The van der Waals surface area contributed by atoms with Gasteiger partial charge in [0.2, 0.25) is 0 Å². The zero-order valence-electron chi connectivity index (χ0n) is 32.9. The number of aromatic nitrogens is 3. The summed E-state index contributed by atoms with van der Waals surface area (Å²) in [6.07, 6.45) is 0. The molecule has 0 bridgehead atoms. The first-order chi connectivity index (χ1) is 29.0. The minimum atomic E-state index is -3.68. The van der Waals surface area contributed by atoms with Gasteiger partial charge >= 0.3 is 324 Å². The number of para-hydroxylation sites is 1. The van der Waals surface area contributed by atoms with E-state index in [1.165, 1.54) is 72.9 Å². The molecule has 59 heavy (non-hydrogen) atoms. The summed E-state index contributed by atoms with van der Waals surface area (Å²) in [5.74, 6) is 0.748.